The predicted molar refractivity (Wildman–Crippen MR) is 84.6 cm³/mol. The van der Waals surface area contributed by atoms with E-state index in [1.54, 1.807) is 17.3 Å². The first kappa shape index (κ1) is 14.5. The van der Waals surface area contributed by atoms with Crippen molar-refractivity contribution in [1.29, 1.82) is 0 Å². The van der Waals surface area contributed by atoms with Crippen molar-refractivity contribution in [1.82, 2.24) is 29.9 Å². The van der Waals surface area contributed by atoms with Gasteiger partial charge in [0.15, 0.2) is 0 Å². The van der Waals surface area contributed by atoms with Crippen LogP contribution in [0.2, 0.25) is 0 Å². The van der Waals surface area contributed by atoms with E-state index in [1.807, 2.05) is 41.3 Å². The zero-order chi connectivity index (χ0) is 15.4. The maximum absolute atomic E-state index is 4.30. The minimum Gasteiger partial charge on any atom is -0.308 e. The number of nitrogens with one attached hydrogen (secondary N) is 1. The van der Waals surface area contributed by atoms with Gasteiger partial charge in [-0.3, -0.25) is 4.68 Å². The van der Waals surface area contributed by atoms with E-state index in [9.17, 15) is 0 Å². The number of hydrogen-bond acceptors (Lipinski definition) is 4. The van der Waals surface area contributed by atoms with Gasteiger partial charge in [0.1, 0.15) is 12.7 Å². The minimum absolute atomic E-state index is 0.286. The third-order valence-corrected chi connectivity index (χ3v) is 3.94. The van der Waals surface area contributed by atoms with E-state index in [0.29, 0.717) is 6.04 Å². The average molecular weight is 296 g/mol. The van der Waals surface area contributed by atoms with Crippen LogP contribution < -0.4 is 5.32 Å². The fraction of sp³-hybridized carbons (Fsp3) is 0.312. The highest BCUT2D eigenvalue weighted by molar-refractivity contribution is 5.39. The summed E-state index contributed by atoms with van der Waals surface area (Å²) in [5.74, 6) is 0. The second kappa shape index (κ2) is 6.53. The largest absolute Gasteiger partial charge is 0.308 e. The molecule has 3 aromatic rings. The Balaban J connectivity index is 1.69. The molecular weight excluding hydrogens is 276 g/mol. The first-order valence-electron chi connectivity index (χ1n) is 7.41. The molecule has 0 radical (unpaired) electrons. The molecule has 6 heteroatoms. The quantitative estimate of drug-likeness (QED) is 0.757. The Labute approximate surface area is 129 Å². The van der Waals surface area contributed by atoms with E-state index in [-0.39, 0.29) is 6.04 Å². The normalized spacial score (nSPS) is 13.9. The minimum atomic E-state index is 0.286. The van der Waals surface area contributed by atoms with Gasteiger partial charge in [-0.25, -0.2) is 9.67 Å². The Bertz CT molecular complexity index is 689. The summed E-state index contributed by atoms with van der Waals surface area (Å²) >= 11 is 0. The molecule has 0 aliphatic rings. The van der Waals surface area contributed by atoms with Crippen LogP contribution in [-0.2, 0) is 6.54 Å². The zero-order valence-electron chi connectivity index (χ0n) is 12.8. The molecule has 1 aromatic carbocycles. The maximum atomic E-state index is 4.30. The molecule has 0 aliphatic carbocycles. The van der Waals surface area contributed by atoms with E-state index in [4.69, 9.17) is 0 Å². The first-order valence-corrected chi connectivity index (χ1v) is 7.41. The van der Waals surface area contributed by atoms with E-state index in [0.717, 1.165) is 12.2 Å². The van der Waals surface area contributed by atoms with Crippen LogP contribution in [0.25, 0.3) is 5.69 Å². The highest BCUT2D eigenvalue weighted by Crippen LogP contribution is 2.15. The van der Waals surface area contributed by atoms with E-state index in [2.05, 4.69) is 40.4 Å². The molecule has 0 amide bonds. The van der Waals surface area contributed by atoms with Crippen molar-refractivity contribution in [3.8, 4) is 5.69 Å². The van der Waals surface area contributed by atoms with E-state index >= 15 is 0 Å². The summed E-state index contributed by atoms with van der Waals surface area (Å²) < 4.78 is 3.76. The van der Waals surface area contributed by atoms with Crippen LogP contribution in [0.1, 0.15) is 25.5 Å². The summed E-state index contributed by atoms with van der Waals surface area (Å²) in [6, 6.07) is 10.7. The molecule has 1 N–H and O–H groups in total. The van der Waals surface area contributed by atoms with Crippen LogP contribution in [0.3, 0.4) is 0 Å². The lowest BCUT2D eigenvalue weighted by molar-refractivity contribution is 0.365. The molecule has 3 rings (SSSR count). The van der Waals surface area contributed by atoms with Crippen molar-refractivity contribution in [3.63, 3.8) is 0 Å². The molecule has 0 spiro atoms. The van der Waals surface area contributed by atoms with Gasteiger partial charge in [-0.1, -0.05) is 18.2 Å². The predicted octanol–water partition coefficient (Wildman–Crippen LogP) is 2.20. The highest BCUT2D eigenvalue weighted by Gasteiger charge is 2.14. The van der Waals surface area contributed by atoms with Gasteiger partial charge in [-0.15, -0.1) is 0 Å². The van der Waals surface area contributed by atoms with Crippen LogP contribution >= 0.6 is 0 Å². The summed E-state index contributed by atoms with van der Waals surface area (Å²) in [5, 5.41) is 12.1. The van der Waals surface area contributed by atoms with Crippen molar-refractivity contribution in [2.45, 2.75) is 32.5 Å². The van der Waals surface area contributed by atoms with Crippen molar-refractivity contribution in [3.05, 3.63) is 60.9 Å². The highest BCUT2D eigenvalue weighted by atomic mass is 15.3. The number of hydrogen-bond donors (Lipinski definition) is 1. The summed E-state index contributed by atoms with van der Waals surface area (Å²) in [7, 11) is 0. The molecule has 0 unspecified atom stereocenters. The van der Waals surface area contributed by atoms with Gasteiger partial charge in [-0.2, -0.15) is 10.2 Å². The van der Waals surface area contributed by atoms with E-state index in [1.165, 1.54) is 5.56 Å². The molecule has 0 saturated heterocycles. The smallest absolute Gasteiger partial charge is 0.138 e. The Morgan fingerprint density at radius 3 is 2.73 bits per heavy atom. The second-order valence-corrected chi connectivity index (χ2v) is 5.37. The lowest BCUT2D eigenvalue weighted by Gasteiger charge is -2.22. The molecule has 2 aromatic heterocycles. The Hall–Kier alpha value is -2.47. The van der Waals surface area contributed by atoms with Gasteiger partial charge >= 0.3 is 0 Å². The third kappa shape index (κ3) is 3.07. The third-order valence-electron chi connectivity index (χ3n) is 3.94. The second-order valence-electron chi connectivity index (χ2n) is 5.37. The Kier molecular flexibility index (Phi) is 4.29. The fourth-order valence-corrected chi connectivity index (χ4v) is 2.41. The molecule has 22 heavy (non-hydrogen) atoms. The van der Waals surface area contributed by atoms with Crippen molar-refractivity contribution < 1.29 is 0 Å². The maximum Gasteiger partial charge on any atom is 0.138 e. The van der Waals surface area contributed by atoms with Crippen molar-refractivity contribution >= 4 is 0 Å². The van der Waals surface area contributed by atoms with Crippen molar-refractivity contribution in [2.24, 2.45) is 0 Å². The molecule has 2 heterocycles. The standard InChI is InChI=1S/C16H20N6/c1-13(14(2)21-9-5-8-19-21)18-10-15-6-3-4-7-16(15)22-12-17-11-20-22/h3-9,11-14,18H,10H2,1-2H3/t13-,14+/m0/s1. The average Bonchev–Trinajstić information content (AvgIpc) is 3.25. The van der Waals surface area contributed by atoms with Gasteiger partial charge in [0, 0.05) is 25.0 Å². The van der Waals surface area contributed by atoms with E-state index < -0.39 is 0 Å². The first-order chi connectivity index (χ1) is 10.8. The van der Waals surface area contributed by atoms with Gasteiger partial charge in [-0.05, 0) is 31.5 Å². The molecule has 0 saturated carbocycles. The topological polar surface area (TPSA) is 60.6 Å². The number of benzene rings is 1. The van der Waals surface area contributed by atoms with Gasteiger partial charge in [0.05, 0.1) is 11.7 Å². The molecule has 0 aliphatic heterocycles. The Morgan fingerprint density at radius 2 is 2.00 bits per heavy atom. The summed E-state index contributed by atoms with van der Waals surface area (Å²) in [6.45, 7) is 5.10. The lowest BCUT2D eigenvalue weighted by Crippen LogP contribution is -2.33. The SMILES string of the molecule is C[C@H](NCc1ccccc1-n1cncn1)[C@@H](C)n1cccn1. The van der Waals surface area contributed by atoms with Crippen LogP contribution in [0, 0.1) is 0 Å². The van der Waals surface area contributed by atoms with Crippen LogP contribution in [-0.4, -0.2) is 30.6 Å². The summed E-state index contributed by atoms with van der Waals surface area (Å²) in [5.41, 5.74) is 2.24. The van der Waals surface area contributed by atoms with Gasteiger partial charge in [0.25, 0.3) is 0 Å². The monoisotopic (exact) mass is 296 g/mol. The Morgan fingerprint density at radius 1 is 1.14 bits per heavy atom. The van der Waals surface area contributed by atoms with Crippen LogP contribution in [0.15, 0.2) is 55.4 Å². The van der Waals surface area contributed by atoms with Crippen LogP contribution in [0.4, 0.5) is 0 Å². The van der Waals surface area contributed by atoms with Crippen LogP contribution in [0.5, 0.6) is 0 Å². The zero-order valence-corrected chi connectivity index (χ0v) is 12.8. The summed E-state index contributed by atoms with van der Waals surface area (Å²) in [4.78, 5) is 4.02. The molecule has 114 valence electrons. The molecular formula is C16H20N6. The number of nitrogens with zero attached hydrogens (tertiary/aromatic N) is 5. The number of aromatic nitrogens is 5. The van der Waals surface area contributed by atoms with Gasteiger partial charge in [0.2, 0.25) is 0 Å². The van der Waals surface area contributed by atoms with Gasteiger partial charge < -0.3 is 5.32 Å². The number of rotatable bonds is 6. The molecule has 0 bridgehead atoms. The summed E-state index contributed by atoms with van der Waals surface area (Å²) in [6.07, 6.45) is 7.07. The van der Waals surface area contributed by atoms with Crippen molar-refractivity contribution in [2.75, 3.05) is 0 Å². The lowest BCUT2D eigenvalue weighted by atomic mass is 10.1. The molecule has 0 fully saturated rings. The molecule has 6 nitrogen and oxygen atoms in total. The fourth-order valence-electron chi connectivity index (χ4n) is 2.41. The number of para-hydroxylation sites is 1. The molecule has 2 atom stereocenters.